The Bertz CT molecular complexity index is 749. The van der Waals surface area contributed by atoms with Gasteiger partial charge in [-0.2, -0.15) is 0 Å². The fraction of sp³-hybridized carbons (Fsp3) is 0.474. The number of hydrogen-bond donors (Lipinski definition) is 1. The van der Waals surface area contributed by atoms with Crippen LogP contribution in [0.1, 0.15) is 23.2 Å². The van der Waals surface area contributed by atoms with Gasteiger partial charge in [-0.1, -0.05) is 0 Å². The number of fused-ring (bicyclic) bond motifs is 1. The summed E-state index contributed by atoms with van der Waals surface area (Å²) in [6.45, 7) is 1.92. The maximum absolute atomic E-state index is 11.5. The summed E-state index contributed by atoms with van der Waals surface area (Å²) >= 11 is 1.66. The molecule has 0 spiro atoms. The average molecular weight is 374 g/mol. The van der Waals surface area contributed by atoms with Crippen molar-refractivity contribution in [3.8, 4) is 5.75 Å². The molecular formula is C19H22N2O4S. The highest BCUT2D eigenvalue weighted by Crippen LogP contribution is 2.40. The number of benzene rings is 1. The number of aliphatic hydroxyl groups is 1. The van der Waals surface area contributed by atoms with Crippen LogP contribution >= 0.6 is 11.3 Å². The van der Waals surface area contributed by atoms with Crippen LogP contribution in [-0.2, 0) is 4.74 Å². The summed E-state index contributed by atoms with van der Waals surface area (Å²) in [5.41, 5.74) is 0.485. The van der Waals surface area contributed by atoms with E-state index in [1.165, 1.54) is 7.11 Å². The molecule has 1 aromatic carbocycles. The molecule has 7 heteroatoms. The van der Waals surface area contributed by atoms with Crippen molar-refractivity contribution in [3.05, 3.63) is 41.4 Å². The number of ether oxygens (including phenoxy) is 2. The van der Waals surface area contributed by atoms with Crippen LogP contribution in [0.25, 0.3) is 0 Å². The summed E-state index contributed by atoms with van der Waals surface area (Å²) in [4.78, 5) is 18.2. The Morgan fingerprint density at radius 1 is 1.23 bits per heavy atom. The fourth-order valence-electron chi connectivity index (χ4n) is 4.01. The molecule has 2 fully saturated rings. The Hall–Kier alpha value is -2.12. The zero-order valence-electron chi connectivity index (χ0n) is 14.6. The number of nitrogens with zero attached hydrogens (tertiary/aromatic N) is 2. The van der Waals surface area contributed by atoms with Crippen LogP contribution in [0.5, 0.6) is 5.75 Å². The van der Waals surface area contributed by atoms with Crippen LogP contribution < -0.4 is 9.64 Å². The predicted octanol–water partition coefficient (Wildman–Crippen LogP) is 2.58. The molecule has 4 rings (SSSR count). The molecule has 1 N–H and O–H groups in total. The molecule has 2 aromatic rings. The lowest BCUT2D eigenvalue weighted by molar-refractivity contribution is -0.0231. The van der Waals surface area contributed by atoms with Gasteiger partial charge in [-0.15, -0.1) is 11.3 Å². The van der Waals surface area contributed by atoms with E-state index in [0.717, 1.165) is 31.1 Å². The molecule has 1 aromatic heterocycles. The summed E-state index contributed by atoms with van der Waals surface area (Å²) < 4.78 is 10.7. The Morgan fingerprint density at radius 3 is 2.62 bits per heavy atom. The second kappa shape index (κ2) is 7.25. The van der Waals surface area contributed by atoms with Crippen LogP contribution in [0, 0.1) is 11.8 Å². The van der Waals surface area contributed by atoms with Crippen molar-refractivity contribution >= 4 is 22.4 Å². The van der Waals surface area contributed by atoms with E-state index in [-0.39, 0.29) is 12.1 Å². The quantitative estimate of drug-likeness (QED) is 0.830. The summed E-state index contributed by atoms with van der Waals surface area (Å²) in [5.74, 6) is 1.28. The lowest BCUT2D eigenvalue weighted by Gasteiger charge is -2.35. The van der Waals surface area contributed by atoms with E-state index in [4.69, 9.17) is 9.47 Å². The van der Waals surface area contributed by atoms with Gasteiger partial charge in [0.25, 0.3) is 0 Å². The van der Waals surface area contributed by atoms with Gasteiger partial charge < -0.3 is 19.5 Å². The van der Waals surface area contributed by atoms with Crippen molar-refractivity contribution in [3.63, 3.8) is 0 Å². The van der Waals surface area contributed by atoms with Crippen molar-refractivity contribution in [1.82, 2.24) is 4.98 Å². The largest absolute Gasteiger partial charge is 0.488 e. The van der Waals surface area contributed by atoms with Crippen molar-refractivity contribution in [2.75, 3.05) is 25.1 Å². The molecule has 0 unspecified atom stereocenters. The van der Waals surface area contributed by atoms with E-state index < -0.39 is 6.10 Å². The normalized spacial score (nSPS) is 27.8. The van der Waals surface area contributed by atoms with E-state index in [0.29, 0.717) is 23.1 Å². The fourth-order valence-corrected chi connectivity index (χ4v) is 4.67. The highest BCUT2D eigenvalue weighted by molar-refractivity contribution is 7.13. The number of anilines is 1. The van der Waals surface area contributed by atoms with Crippen LogP contribution in [0.15, 0.2) is 35.8 Å². The first-order valence-corrected chi connectivity index (χ1v) is 9.69. The minimum Gasteiger partial charge on any atom is -0.488 e. The third-order valence-corrected chi connectivity index (χ3v) is 6.17. The van der Waals surface area contributed by atoms with Gasteiger partial charge in [-0.25, -0.2) is 9.78 Å². The number of rotatable bonds is 4. The molecule has 1 saturated heterocycles. The van der Waals surface area contributed by atoms with E-state index in [2.05, 4.69) is 9.88 Å². The van der Waals surface area contributed by atoms with Gasteiger partial charge in [0.2, 0.25) is 0 Å². The maximum Gasteiger partial charge on any atom is 0.337 e. The van der Waals surface area contributed by atoms with E-state index >= 15 is 0 Å². The van der Waals surface area contributed by atoms with Crippen LogP contribution in [0.3, 0.4) is 0 Å². The summed E-state index contributed by atoms with van der Waals surface area (Å²) in [6.07, 6.45) is 2.70. The first kappa shape index (κ1) is 17.3. The molecule has 0 amide bonds. The molecule has 0 bridgehead atoms. The minimum absolute atomic E-state index is 0.225. The van der Waals surface area contributed by atoms with Gasteiger partial charge in [0.05, 0.1) is 18.8 Å². The third-order valence-electron chi connectivity index (χ3n) is 5.34. The van der Waals surface area contributed by atoms with Crippen LogP contribution in [-0.4, -0.2) is 48.5 Å². The lowest BCUT2D eigenvalue weighted by atomic mass is 9.78. The van der Waals surface area contributed by atoms with Crippen molar-refractivity contribution in [2.45, 2.75) is 25.0 Å². The number of methoxy groups -OCH3 is 1. The number of thiazole rings is 1. The van der Waals surface area contributed by atoms with E-state index in [9.17, 15) is 9.90 Å². The smallest absolute Gasteiger partial charge is 0.337 e. The molecular weight excluding hydrogens is 352 g/mol. The van der Waals surface area contributed by atoms with Crippen molar-refractivity contribution in [1.29, 1.82) is 0 Å². The number of carbonyl (C=O) groups is 1. The summed E-state index contributed by atoms with van der Waals surface area (Å²) in [5, 5.41) is 13.6. The van der Waals surface area contributed by atoms with E-state index in [1.54, 1.807) is 35.6 Å². The Labute approximate surface area is 156 Å². The maximum atomic E-state index is 11.5. The molecule has 2 aliphatic rings. The van der Waals surface area contributed by atoms with Crippen LogP contribution in [0.4, 0.5) is 5.13 Å². The molecule has 0 radical (unpaired) electrons. The number of aromatic nitrogens is 1. The monoisotopic (exact) mass is 374 g/mol. The predicted molar refractivity (Wildman–Crippen MR) is 98.7 cm³/mol. The molecule has 1 aliphatic heterocycles. The summed E-state index contributed by atoms with van der Waals surface area (Å²) in [7, 11) is 1.36. The van der Waals surface area contributed by atoms with Gasteiger partial charge in [0.15, 0.2) is 5.13 Å². The molecule has 1 saturated carbocycles. The lowest BCUT2D eigenvalue weighted by Crippen LogP contribution is -2.42. The number of aliphatic hydroxyl groups excluding tert-OH is 1. The first-order chi connectivity index (χ1) is 12.6. The topological polar surface area (TPSA) is 71.9 Å². The summed E-state index contributed by atoms with van der Waals surface area (Å²) in [6, 6.07) is 6.86. The standard InChI is InChI=1S/C19H22N2O4S/c1-24-18(23)12-2-4-15(5-3-12)25-17-9-14-11-21(19-20-6-7-26-19)10-13(14)8-16(17)22/h2-7,13-14,16-17,22H,8-11H2,1H3/t13-,14+,16-,17-/m0/s1. The van der Waals surface area contributed by atoms with Gasteiger partial charge in [0.1, 0.15) is 11.9 Å². The average Bonchev–Trinajstić information content (AvgIpc) is 3.31. The Morgan fingerprint density at radius 2 is 1.96 bits per heavy atom. The minimum atomic E-state index is -0.479. The third kappa shape index (κ3) is 3.41. The molecule has 1 aliphatic carbocycles. The molecule has 6 nitrogen and oxygen atoms in total. The van der Waals surface area contributed by atoms with Crippen molar-refractivity contribution in [2.24, 2.45) is 11.8 Å². The van der Waals surface area contributed by atoms with E-state index in [1.807, 2.05) is 11.6 Å². The van der Waals surface area contributed by atoms with Gasteiger partial charge in [0, 0.05) is 24.7 Å². The highest BCUT2D eigenvalue weighted by atomic mass is 32.1. The number of carbonyl (C=O) groups excluding carboxylic acids is 1. The second-order valence-electron chi connectivity index (χ2n) is 6.95. The van der Waals surface area contributed by atoms with Gasteiger partial charge in [-0.3, -0.25) is 0 Å². The van der Waals surface area contributed by atoms with Gasteiger partial charge >= 0.3 is 5.97 Å². The second-order valence-corrected chi connectivity index (χ2v) is 7.82. The van der Waals surface area contributed by atoms with Crippen LogP contribution in [0.2, 0.25) is 0 Å². The zero-order valence-corrected chi connectivity index (χ0v) is 15.4. The Kier molecular flexibility index (Phi) is 4.82. The van der Waals surface area contributed by atoms with Gasteiger partial charge in [-0.05, 0) is 48.9 Å². The van der Waals surface area contributed by atoms with Crippen molar-refractivity contribution < 1.29 is 19.4 Å². The highest BCUT2D eigenvalue weighted by Gasteiger charge is 2.43. The number of hydrogen-bond acceptors (Lipinski definition) is 7. The Balaban J connectivity index is 1.40. The SMILES string of the molecule is COC(=O)c1ccc(O[C@H]2C[C@@H]3CN(c4nccs4)C[C@@H]3C[C@@H]2O)cc1. The molecule has 4 atom stereocenters. The molecule has 138 valence electrons. The molecule has 2 heterocycles. The first-order valence-electron chi connectivity index (χ1n) is 8.81. The number of esters is 1. The molecule has 26 heavy (non-hydrogen) atoms. The zero-order chi connectivity index (χ0) is 18.1.